The van der Waals surface area contributed by atoms with Gasteiger partial charge in [0.05, 0.1) is 17.0 Å². The van der Waals surface area contributed by atoms with Crippen molar-refractivity contribution in [3.05, 3.63) is 160 Å². The first-order valence-electron chi connectivity index (χ1n) is 15.8. The summed E-state index contributed by atoms with van der Waals surface area (Å²) >= 11 is 0. The predicted molar refractivity (Wildman–Crippen MR) is 186 cm³/mol. The normalized spacial score (nSPS) is 16.4. The molecule has 0 aliphatic heterocycles. The van der Waals surface area contributed by atoms with Crippen LogP contribution in [0.5, 0.6) is 0 Å². The van der Waals surface area contributed by atoms with E-state index in [9.17, 15) is 0 Å². The summed E-state index contributed by atoms with van der Waals surface area (Å²) in [5.41, 5.74) is 11.8. The van der Waals surface area contributed by atoms with Gasteiger partial charge in [-0.15, -0.1) is 0 Å². The molecule has 0 bridgehead atoms. The Bertz CT molecular complexity index is 1940. The third-order valence-electron chi connectivity index (χ3n) is 9.30. The minimum Gasteiger partial charge on any atom is -1.00 e. The number of nitrogens with zero attached hydrogens (tertiary/aromatic N) is 1. The van der Waals surface area contributed by atoms with Crippen LogP contribution in [0.25, 0.3) is 34.4 Å². The zero-order chi connectivity index (χ0) is 31.1. The van der Waals surface area contributed by atoms with E-state index in [0.29, 0.717) is 4.90 Å². The third-order valence-corrected chi connectivity index (χ3v) is 11.1. The summed E-state index contributed by atoms with van der Waals surface area (Å²) in [4.78, 5) is 0.315. The number of halogens is 1. The molecule has 0 spiro atoms. The molecule has 0 saturated heterocycles. The quantitative estimate of drug-likeness (QED) is 0.167. The van der Waals surface area contributed by atoms with Crippen LogP contribution in [0.1, 0.15) is 66.6 Å². The molecule has 2 atom stereocenters. The standard InChI is InChI=1S/C41H37NO2S.ClH.Y/c1-4-29-26-33-18-12-20-36(31-14-8-6-9-15-31)38(33)40(29)42(45(43,44)35-24-22-28(3)23-25-35)41-30(5-2)27-34-19-13-21-37(39(34)41)32-16-10-7-11-17-32;;/h6-27,40-41H,4-5H2,1-3H3;1H;/q;;+1/p-1. The van der Waals surface area contributed by atoms with E-state index in [1.165, 1.54) is 0 Å². The molecule has 0 radical (unpaired) electrons. The van der Waals surface area contributed by atoms with Crippen LogP contribution in [-0.2, 0) is 42.7 Å². The van der Waals surface area contributed by atoms with Crippen molar-refractivity contribution in [3.63, 3.8) is 0 Å². The van der Waals surface area contributed by atoms with Crippen molar-refractivity contribution in [2.45, 2.75) is 50.6 Å². The molecular formula is C41H37ClNO2SY. The monoisotopic (exact) mass is 731 g/mol. The average molecular weight is 732 g/mol. The van der Waals surface area contributed by atoms with E-state index in [1.807, 2.05) is 59.8 Å². The summed E-state index contributed by atoms with van der Waals surface area (Å²) in [7, 11) is -4.00. The van der Waals surface area contributed by atoms with Gasteiger partial charge in [-0.25, -0.2) is 8.42 Å². The number of aryl methyl sites for hydroxylation is 1. The fourth-order valence-electron chi connectivity index (χ4n) is 7.13. The maximum atomic E-state index is 15.3. The summed E-state index contributed by atoms with van der Waals surface area (Å²) < 4.78 is 32.5. The van der Waals surface area contributed by atoms with Crippen molar-refractivity contribution in [2.24, 2.45) is 0 Å². The van der Waals surface area contributed by atoms with E-state index in [4.69, 9.17) is 0 Å². The first-order chi connectivity index (χ1) is 21.9. The van der Waals surface area contributed by atoms with Gasteiger partial charge in [-0.05, 0) is 87.6 Å². The summed E-state index contributed by atoms with van der Waals surface area (Å²) in [6.07, 6.45) is 5.91. The van der Waals surface area contributed by atoms with Gasteiger partial charge in [0.2, 0.25) is 10.0 Å². The van der Waals surface area contributed by atoms with Gasteiger partial charge in [0.15, 0.2) is 0 Å². The van der Waals surface area contributed by atoms with Crippen molar-refractivity contribution in [3.8, 4) is 22.3 Å². The van der Waals surface area contributed by atoms with Gasteiger partial charge >= 0.3 is 32.7 Å². The molecular weight excluding hydrogens is 695 g/mol. The largest absolute Gasteiger partial charge is 1.00 e. The topological polar surface area (TPSA) is 37.4 Å². The molecule has 234 valence electrons. The summed E-state index contributed by atoms with van der Waals surface area (Å²) in [6, 6.07) is 39.8. The molecule has 2 aliphatic carbocycles. The number of sulfonamides is 1. The Morgan fingerprint density at radius 1 is 0.574 bits per heavy atom. The van der Waals surface area contributed by atoms with Crippen LogP contribution in [0.2, 0.25) is 0 Å². The van der Waals surface area contributed by atoms with Crippen LogP contribution in [0, 0.1) is 6.92 Å². The van der Waals surface area contributed by atoms with E-state index in [0.717, 1.165) is 74.1 Å². The van der Waals surface area contributed by atoms with Gasteiger partial charge in [-0.2, -0.15) is 4.31 Å². The molecule has 0 amide bonds. The third kappa shape index (κ3) is 6.27. The van der Waals surface area contributed by atoms with Gasteiger partial charge in [-0.1, -0.05) is 141 Å². The van der Waals surface area contributed by atoms with Gasteiger partial charge in [0, 0.05) is 0 Å². The van der Waals surface area contributed by atoms with Crippen LogP contribution in [0.15, 0.2) is 137 Å². The van der Waals surface area contributed by atoms with Gasteiger partial charge < -0.3 is 12.4 Å². The molecule has 0 saturated carbocycles. The number of hydrogen-bond acceptors (Lipinski definition) is 2. The molecule has 5 aromatic rings. The maximum Gasteiger partial charge on any atom is 1.00 e. The van der Waals surface area contributed by atoms with Crippen LogP contribution in [-0.4, -0.2) is 12.7 Å². The number of benzene rings is 5. The smallest absolute Gasteiger partial charge is 1.00 e. The van der Waals surface area contributed by atoms with Crippen molar-refractivity contribution in [1.82, 2.24) is 4.31 Å². The van der Waals surface area contributed by atoms with Gasteiger partial charge in [-0.3, -0.25) is 0 Å². The SMILES string of the molecule is CCC1=Cc2cccc(-c3ccccc3)c2C1N(C1C(CC)=Cc2cccc(-c3ccccc3)c21)S(=O)(=O)c1ccc(C)cc1.[Cl-].[Y+]. The van der Waals surface area contributed by atoms with Crippen LogP contribution in [0.4, 0.5) is 0 Å². The number of rotatable bonds is 8. The molecule has 0 heterocycles. The molecule has 0 aromatic heterocycles. The predicted octanol–water partition coefficient (Wildman–Crippen LogP) is 7.42. The van der Waals surface area contributed by atoms with Gasteiger partial charge in [0.1, 0.15) is 0 Å². The van der Waals surface area contributed by atoms with E-state index >= 15 is 8.42 Å². The molecule has 0 N–H and O–H groups in total. The number of fused-ring (bicyclic) bond motifs is 2. The van der Waals surface area contributed by atoms with Crippen LogP contribution in [0.3, 0.4) is 0 Å². The zero-order valence-electron chi connectivity index (χ0n) is 26.9. The van der Waals surface area contributed by atoms with E-state index < -0.39 is 22.1 Å². The molecule has 6 heteroatoms. The Kier molecular flexibility index (Phi) is 10.9. The first kappa shape index (κ1) is 35.2. The number of hydrogen-bond donors (Lipinski definition) is 0. The van der Waals surface area contributed by atoms with Crippen LogP contribution >= 0.6 is 0 Å². The Morgan fingerprint density at radius 3 is 1.40 bits per heavy atom. The van der Waals surface area contributed by atoms with Crippen molar-refractivity contribution in [1.29, 1.82) is 0 Å². The van der Waals surface area contributed by atoms with Crippen LogP contribution < -0.4 is 12.4 Å². The molecule has 3 nitrogen and oxygen atoms in total. The van der Waals surface area contributed by atoms with E-state index in [2.05, 4.69) is 86.7 Å². The summed E-state index contributed by atoms with van der Waals surface area (Å²) in [5, 5.41) is 0. The second-order valence-electron chi connectivity index (χ2n) is 11.9. The molecule has 0 fully saturated rings. The van der Waals surface area contributed by atoms with Crippen molar-refractivity contribution >= 4 is 22.2 Å². The first-order valence-corrected chi connectivity index (χ1v) is 17.2. The molecule has 7 rings (SSSR count). The Labute approximate surface area is 310 Å². The average Bonchev–Trinajstić information content (AvgIpc) is 3.64. The summed E-state index contributed by atoms with van der Waals surface area (Å²) in [6.45, 7) is 6.26. The van der Waals surface area contributed by atoms with Crippen molar-refractivity contribution < 1.29 is 53.5 Å². The Morgan fingerprint density at radius 2 is 1.00 bits per heavy atom. The fourth-order valence-corrected chi connectivity index (χ4v) is 8.89. The molecule has 2 unspecified atom stereocenters. The molecule has 5 aromatic carbocycles. The minimum atomic E-state index is -4.00. The molecule has 2 aliphatic rings. The fraction of sp³-hybridized carbons (Fsp3) is 0.171. The van der Waals surface area contributed by atoms with Gasteiger partial charge in [0.25, 0.3) is 0 Å². The Hall–Kier alpha value is -3.12. The van der Waals surface area contributed by atoms with Crippen molar-refractivity contribution in [2.75, 3.05) is 0 Å². The second kappa shape index (κ2) is 14.6. The minimum absolute atomic E-state index is 0. The van der Waals surface area contributed by atoms with E-state index in [-0.39, 0.29) is 45.1 Å². The summed E-state index contributed by atoms with van der Waals surface area (Å²) in [5.74, 6) is 0. The Balaban J connectivity index is 0.00000217. The zero-order valence-corrected chi connectivity index (χ0v) is 31.3. The maximum absolute atomic E-state index is 15.3. The molecule has 47 heavy (non-hydrogen) atoms. The van der Waals surface area contributed by atoms with E-state index in [1.54, 1.807) is 12.1 Å². The second-order valence-corrected chi connectivity index (χ2v) is 13.8.